The number of carbonyl (C=O) groups is 1. The molecule has 0 saturated carbocycles. The molecule has 2 aromatic carbocycles. The summed E-state index contributed by atoms with van der Waals surface area (Å²) < 4.78 is 29.3. The third-order valence-electron chi connectivity index (χ3n) is 4.30. The summed E-state index contributed by atoms with van der Waals surface area (Å²) >= 11 is 0. The lowest BCUT2D eigenvalue weighted by molar-refractivity contribution is -0.119. The minimum Gasteiger partial charge on any atom is -0.493 e. The van der Waals surface area contributed by atoms with Gasteiger partial charge in [0.1, 0.15) is 5.82 Å². The van der Waals surface area contributed by atoms with E-state index in [0.717, 1.165) is 11.1 Å². The number of rotatable bonds is 6. The van der Waals surface area contributed by atoms with E-state index in [0.29, 0.717) is 35.8 Å². The highest BCUT2D eigenvalue weighted by molar-refractivity contribution is 6.03. The number of ether oxygens (including phenoxy) is 3. The summed E-state index contributed by atoms with van der Waals surface area (Å²) in [6, 6.07) is 9.34. The number of benzene rings is 2. The Kier molecular flexibility index (Phi) is 5.06. The molecule has 0 aliphatic carbocycles. The molecule has 0 N–H and O–H groups in total. The summed E-state index contributed by atoms with van der Waals surface area (Å²) in [6.45, 7) is 0. The van der Waals surface area contributed by atoms with Gasteiger partial charge in [0.2, 0.25) is 12.2 Å². The first-order valence-electron chi connectivity index (χ1n) is 7.98. The molecule has 0 fully saturated rings. The van der Waals surface area contributed by atoms with Gasteiger partial charge in [0.05, 0.1) is 33.1 Å². The molecule has 0 saturated heterocycles. The van der Waals surface area contributed by atoms with Crippen LogP contribution in [0.4, 0.5) is 4.39 Å². The van der Waals surface area contributed by atoms with Gasteiger partial charge in [-0.05, 0) is 29.8 Å². The number of carbonyl (C=O) groups excluding carboxylic acids is 1. The monoisotopic (exact) mass is 358 g/mol. The normalized spacial score (nSPS) is 16.2. The van der Waals surface area contributed by atoms with Crippen LogP contribution in [0.1, 0.15) is 23.6 Å². The van der Waals surface area contributed by atoms with Gasteiger partial charge in [0.15, 0.2) is 11.5 Å². The second-order valence-corrected chi connectivity index (χ2v) is 5.72. The maximum Gasteiger partial charge on any atom is 0.230 e. The summed E-state index contributed by atoms with van der Waals surface area (Å²) in [6.07, 6.45) is 1.15. The van der Waals surface area contributed by atoms with Gasteiger partial charge in [-0.3, -0.25) is 4.79 Å². The number of nitrogens with zero attached hydrogens (tertiary/aromatic N) is 2. The van der Waals surface area contributed by atoms with Gasteiger partial charge >= 0.3 is 0 Å². The van der Waals surface area contributed by atoms with Crippen LogP contribution in [0, 0.1) is 5.82 Å². The van der Waals surface area contributed by atoms with Crippen molar-refractivity contribution in [1.82, 2.24) is 5.01 Å². The predicted molar refractivity (Wildman–Crippen MR) is 94.3 cm³/mol. The Bertz CT molecular complexity index is 811. The Balaban J connectivity index is 1.97. The molecule has 6 nitrogen and oxygen atoms in total. The SMILES string of the molecule is COc1cc(C2=NN(C=O)C(c3ccc(F)cc3)C2)cc(OC)c1OC. The Morgan fingerprint density at radius 3 is 2.19 bits per heavy atom. The number of amides is 1. The minimum absolute atomic E-state index is 0.290. The van der Waals surface area contributed by atoms with E-state index in [2.05, 4.69) is 5.10 Å². The first-order valence-corrected chi connectivity index (χ1v) is 7.98. The van der Waals surface area contributed by atoms with Crippen LogP contribution in [0.5, 0.6) is 17.2 Å². The number of hydrogen-bond donors (Lipinski definition) is 0. The summed E-state index contributed by atoms with van der Waals surface area (Å²) in [5, 5.41) is 5.74. The van der Waals surface area contributed by atoms with Gasteiger partial charge in [-0.25, -0.2) is 9.40 Å². The first-order chi connectivity index (χ1) is 12.6. The molecule has 3 rings (SSSR count). The molecule has 0 bridgehead atoms. The van der Waals surface area contributed by atoms with Crippen molar-refractivity contribution in [1.29, 1.82) is 0 Å². The van der Waals surface area contributed by atoms with E-state index in [1.165, 1.54) is 38.5 Å². The lowest BCUT2D eigenvalue weighted by Gasteiger charge is -2.17. The third kappa shape index (κ3) is 3.20. The van der Waals surface area contributed by atoms with Crippen LogP contribution in [0.3, 0.4) is 0 Å². The van der Waals surface area contributed by atoms with Crippen LogP contribution in [0.2, 0.25) is 0 Å². The zero-order valence-corrected chi connectivity index (χ0v) is 14.7. The summed E-state index contributed by atoms with van der Waals surface area (Å²) in [5.74, 6) is 1.18. The fraction of sp³-hybridized carbons (Fsp3) is 0.263. The molecular formula is C19H19FN2O4. The second-order valence-electron chi connectivity index (χ2n) is 5.72. The summed E-state index contributed by atoms with van der Waals surface area (Å²) in [4.78, 5) is 11.5. The van der Waals surface area contributed by atoms with Crippen LogP contribution >= 0.6 is 0 Å². The molecule has 0 aromatic heterocycles. The molecule has 2 aromatic rings. The van der Waals surface area contributed by atoms with Crippen LogP contribution in [-0.2, 0) is 4.79 Å². The smallest absolute Gasteiger partial charge is 0.230 e. The van der Waals surface area contributed by atoms with Crippen LogP contribution in [0.15, 0.2) is 41.5 Å². The zero-order chi connectivity index (χ0) is 18.7. The highest BCUT2D eigenvalue weighted by Gasteiger charge is 2.29. The van der Waals surface area contributed by atoms with Crippen molar-refractivity contribution in [3.8, 4) is 17.2 Å². The molecule has 0 radical (unpaired) electrons. The fourth-order valence-corrected chi connectivity index (χ4v) is 3.00. The molecular weight excluding hydrogens is 339 g/mol. The van der Waals surface area contributed by atoms with E-state index in [-0.39, 0.29) is 11.9 Å². The Labute approximate surface area is 150 Å². The highest BCUT2D eigenvalue weighted by Crippen LogP contribution is 2.40. The summed E-state index contributed by atoms with van der Waals surface area (Å²) in [7, 11) is 4.61. The van der Waals surface area contributed by atoms with Crippen LogP contribution in [-0.4, -0.2) is 38.5 Å². The van der Waals surface area contributed by atoms with Gasteiger partial charge in [0.25, 0.3) is 0 Å². The molecule has 1 aliphatic heterocycles. The van der Waals surface area contributed by atoms with Crippen molar-refractivity contribution in [2.75, 3.05) is 21.3 Å². The van der Waals surface area contributed by atoms with E-state index < -0.39 is 0 Å². The minimum atomic E-state index is -0.324. The Morgan fingerprint density at radius 1 is 1.08 bits per heavy atom. The van der Waals surface area contributed by atoms with Gasteiger partial charge in [-0.2, -0.15) is 5.10 Å². The van der Waals surface area contributed by atoms with E-state index in [9.17, 15) is 9.18 Å². The van der Waals surface area contributed by atoms with Crippen LogP contribution in [0.25, 0.3) is 0 Å². The molecule has 1 unspecified atom stereocenters. The zero-order valence-electron chi connectivity index (χ0n) is 14.7. The van der Waals surface area contributed by atoms with Gasteiger partial charge in [0, 0.05) is 12.0 Å². The van der Waals surface area contributed by atoms with Gasteiger partial charge in [-0.15, -0.1) is 0 Å². The molecule has 0 spiro atoms. The molecule has 1 aliphatic rings. The topological polar surface area (TPSA) is 60.4 Å². The van der Waals surface area contributed by atoms with Gasteiger partial charge in [-0.1, -0.05) is 12.1 Å². The van der Waals surface area contributed by atoms with Crippen molar-refractivity contribution in [3.05, 3.63) is 53.3 Å². The van der Waals surface area contributed by atoms with Crippen molar-refractivity contribution in [3.63, 3.8) is 0 Å². The van der Waals surface area contributed by atoms with Gasteiger partial charge < -0.3 is 14.2 Å². The van der Waals surface area contributed by atoms with E-state index in [1.54, 1.807) is 24.3 Å². The van der Waals surface area contributed by atoms with E-state index in [1.807, 2.05) is 0 Å². The van der Waals surface area contributed by atoms with Crippen molar-refractivity contribution in [2.24, 2.45) is 5.10 Å². The first kappa shape index (κ1) is 17.7. The number of hydrogen-bond acceptors (Lipinski definition) is 5. The number of halogens is 1. The lowest BCUT2D eigenvalue weighted by atomic mass is 9.98. The third-order valence-corrected chi connectivity index (χ3v) is 4.30. The van der Waals surface area contributed by atoms with Crippen molar-refractivity contribution < 1.29 is 23.4 Å². The lowest BCUT2D eigenvalue weighted by Crippen LogP contribution is -2.17. The molecule has 1 heterocycles. The maximum absolute atomic E-state index is 13.2. The number of hydrazone groups is 1. The van der Waals surface area contributed by atoms with Crippen LogP contribution < -0.4 is 14.2 Å². The van der Waals surface area contributed by atoms with Crippen molar-refractivity contribution in [2.45, 2.75) is 12.5 Å². The predicted octanol–water partition coefficient (Wildman–Crippen LogP) is 3.16. The number of methoxy groups -OCH3 is 3. The quantitative estimate of drug-likeness (QED) is 0.744. The summed E-state index contributed by atoms with van der Waals surface area (Å²) in [5.41, 5.74) is 2.27. The Morgan fingerprint density at radius 2 is 1.69 bits per heavy atom. The largest absolute Gasteiger partial charge is 0.493 e. The molecule has 1 atom stereocenters. The molecule has 136 valence electrons. The highest BCUT2D eigenvalue weighted by atomic mass is 19.1. The van der Waals surface area contributed by atoms with Crippen molar-refractivity contribution >= 4 is 12.1 Å². The standard InChI is InChI=1S/C19H19FN2O4/c1-24-17-8-13(9-18(25-2)19(17)26-3)15-10-16(22(11-23)21-15)12-4-6-14(20)7-5-12/h4-9,11,16H,10H2,1-3H3. The molecule has 7 heteroatoms. The average molecular weight is 358 g/mol. The fourth-order valence-electron chi connectivity index (χ4n) is 3.00. The van der Waals surface area contributed by atoms with E-state index >= 15 is 0 Å². The average Bonchev–Trinajstić information content (AvgIpc) is 3.11. The maximum atomic E-state index is 13.2. The Hall–Kier alpha value is -3.09. The second kappa shape index (κ2) is 7.43. The molecule has 26 heavy (non-hydrogen) atoms. The molecule has 1 amide bonds. The van der Waals surface area contributed by atoms with E-state index in [4.69, 9.17) is 14.2 Å².